The van der Waals surface area contributed by atoms with Gasteiger partial charge in [-0.3, -0.25) is 4.79 Å². The highest BCUT2D eigenvalue weighted by atomic mass is 16.6. The van der Waals surface area contributed by atoms with E-state index in [0.717, 1.165) is 19.4 Å². The zero-order valence-electron chi connectivity index (χ0n) is 16.4. The molecule has 0 unspecified atom stereocenters. The maximum Gasteiger partial charge on any atom is 0.311 e. The molecule has 146 valence electrons. The van der Waals surface area contributed by atoms with Crippen LogP contribution in [0.5, 0.6) is 0 Å². The first-order valence-corrected chi connectivity index (χ1v) is 10.7. The van der Waals surface area contributed by atoms with Crippen LogP contribution in [-0.2, 0) is 20.7 Å². The van der Waals surface area contributed by atoms with Crippen LogP contribution in [0.3, 0.4) is 0 Å². The average molecular weight is 370 g/mol. The van der Waals surface area contributed by atoms with Crippen LogP contribution in [0, 0.1) is 23.2 Å². The summed E-state index contributed by atoms with van der Waals surface area (Å²) in [7, 11) is 0. The summed E-state index contributed by atoms with van der Waals surface area (Å²) < 4.78 is 12.4. The molecule has 0 aromatic heterocycles. The summed E-state index contributed by atoms with van der Waals surface area (Å²) in [6.07, 6.45) is 5.94. The molecule has 5 rings (SSSR count). The fraction of sp³-hybridized carbons (Fsp3) is 0.696. The fourth-order valence-corrected chi connectivity index (χ4v) is 6.60. The molecule has 4 aliphatic rings. The van der Waals surface area contributed by atoms with Gasteiger partial charge in [-0.2, -0.15) is 0 Å². The van der Waals surface area contributed by atoms with Crippen molar-refractivity contribution in [2.75, 3.05) is 13.1 Å². The molecule has 2 saturated heterocycles. The third kappa shape index (κ3) is 2.60. The summed E-state index contributed by atoms with van der Waals surface area (Å²) >= 11 is 0. The topological polar surface area (TPSA) is 50.9 Å². The predicted octanol–water partition coefficient (Wildman–Crippen LogP) is 3.34. The molecule has 2 aliphatic heterocycles. The summed E-state index contributed by atoms with van der Waals surface area (Å²) in [6.45, 7) is 6.31. The summed E-state index contributed by atoms with van der Waals surface area (Å²) in [5.41, 5.74) is 1.50. The standard InChI is InChI=1S/C23H31NO3/c1-15-7-6-11-22(2)13-18-19(20-23(15,22)27-20)17(21(25)26-18)14-24-12-10-16-8-4-3-5-9-16/h3-5,8-9,15,17-20,24H,6-7,10-14H2,1-2H3/t15-,17+,18+,19+,20+,22+,23+/m0/s1. The molecule has 1 aromatic rings. The van der Waals surface area contributed by atoms with Gasteiger partial charge in [0.25, 0.3) is 0 Å². The van der Waals surface area contributed by atoms with Crippen molar-refractivity contribution in [2.45, 2.75) is 63.8 Å². The van der Waals surface area contributed by atoms with Gasteiger partial charge in [0.05, 0.1) is 12.0 Å². The van der Waals surface area contributed by atoms with E-state index in [0.29, 0.717) is 12.5 Å². The Morgan fingerprint density at radius 1 is 1.26 bits per heavy atom. The Bertz CT molecular complexity index is 722. The van der Waals surface area contributed by atoms with Gasteiger partial charge >= 0.3 is 5.97 Å². The minimum atomic E-state index is -0.0613. The van der Waals surface area contributed by atoms with E-state index in [1.165, 1.54) is 24.8 Å². The number of benzene rings is 1. The van der Waals surface area contributed by atoms with Crippen molar-refractivity contribution in [3.8, 4) is 0 Å². The number of hydrogen-bond donors (Lipinski definition) is 1. The Balaban J connectivity index is 1.25. The van der Waals surface area contributed by atoms with Gasteiger partial charge in [0.1, 0.15) is 11.7 Å². The Labute approximate surface area is 162 Å². The van der Waals surface area contributed by atoms with Gasteiger partial charge in [-0.05, 0) is 43.7 Å². The van der Waals surface area contributed by atoms with Gasteiger partial charge in [0.2, 0.25) is 0 Å². The zero-order chi connectivity index (χ0) is 18.6. The predicted molar refractivity (Wildman–Crippen MR) is 103 cm³/mol. The average Bonchev–Trinajstić information content (AvgIpc) is 3.34. The summed E-state index contributed by atoms with van der Waals surface area (Å²) in [5.74, 6) is 0.742. The van der Waals surface area contributed by atoms with Gasteiger partial charge in [-0.25, -0.2) is 0 Å². The molecule has 27 heavy (non-hydrogen) atoms. The van der Waals surface area contributed by atoms with E-state index in [1.807, 2.05) is 6.07 Å². The number of fused-ring (bicyclic) bond motifs is 2. The molecular formula is C23H31NO3. The maximum atomic E-state index is 12.6. The lowest BCUT2D eigenvalue weighted by Gasteiger charge is -2.48. The number of carbonyl (C=O) groups excluding carboxylic acids is 1. The van der Waals surface area contributed by atoms with Crippen LogP contribution < -0.4 is 5.32 Å². The van der Waals surface area contributed by atoms with Gasteiger partial charge < -0.3 is 14.8 Å². The lowest BCUT2D eigenvalue weighted by molar-refractivity contribution is -0.146. The second kappa shape index (κ2) is 6.31. The Hall–Kier alpha value is -1.39. The van der Waals surface area contributed by atoms with E-state index in [9.17, 15) is 4.79 Å². The van der Waals surface area contributed by atoms with Crippen LogP contribution >= 0.6 is 0 Å². The zero-order valence-corrected chi connectivity index (χ0v) is 16.4. The highest BCUT2D eigenvalue weighted by Gasteiger charge is 2.78. The third-order valence-corrected chi connectivity index (χ3v) is 7.99. The quantitative estimate of drug-likeness (QED) is 0.491. The highest BCUT2D eigenvalue weighted by molar-refractivity contribution is 5.76. The lowest BCUT2D eigenvalue weighted by atomic mass is 9.53. The number of esters is 1. The second-order valence-corrected chi connectivity index (χ2v) is 9.49. The molecule has 0 radical (unpaired) electrons. The number of rotatable bonds is 5. The van der Waals surface area contributed by atoms with Crippen molar-refractivity contribution < 1.29 is 14.3 Å². The van der Waals surface area contributed by atoms with E-state index in [-0.39, 0.29) is 41.0 Å². The molecule has 2 saturated carbocycles. The van der Waals surface area contributed by atoms with Crippen LogP contribution in [-0.4, -0.2) is 36.9 Å². The van der Waals surface area contributed by atoms with Crippen molar-refractivity contribution >= 4 is 5.97 Å². The van der Waals surface area contributed by atoms with Crippen LogP contribution in [0.4, 0.5) is 0 Å². The molecule has 4 heteroatoms. The van der Waals surface area contributed by atoms with E-state index in [2.05, 4.69) is 43.4 Å². The number of ether oxygens (including phenoxy) is 2. The first-order chi connectivity index (χ1) is 13.1. The summed E-state index contributed by atoms with van der Waals surface area (Å²) in [4.78, 5) is 12.6. The SMILES string of the molecule is C[C@H]1CCC[C@]2(C)C[C@H]3OC(=O)[C@H](CNCCc4ccccc4)[C@H]3[C@H]3O[C@@]312. The Morgan fingerprint density at radius 3 is 2.89 bits per heavy atom. The third-order valence-electron chi connectivity index (χ3n) is 7.99. The van der Waals surface area contributed by atoms with Crippen molar-refractivity contribution in [1.82, 2.24) is 5.32 Å². The van der Waals surface area contributed by atoms with E-state index in [4.69, 9.17) is 9.47 Å². The van der Waals surface area contributed by atoms with E-state index < -0.39 is 0 Å². The van der Waals surface area contributed by atoms with Crippen molar-refractivity contribution in [1.29, 1.82) is 0 Å². The van der Waals surface area contributed by atoms with Crippen molar-refractivity contribution in [2.24, 2.45) is 23.2 Å². The number of carbonyl (C=O) groups is 1. The van der Waals surface area contributed by atoms with Crippen molar-refractivity contribution in [3.63, 3.8) is 0 Å². The fourth-order valence-electron chi connectivity index (χ4n) is 6.60. The maximum absolute atomic E-state index is 12.6. The largest absolute Gasteiger partial charge is 0.462 e. The molecular weight excluding hydrogens is 338 g/mol. The van der Waals surface area contributed by atoms with Gasteiger partial charge in [0, 0.05) is 17.9 Å². The number of hydrogen-bond acceptors (Lipinski definition) is 4. The molecule has 4 nitrogen and oxygen atoms in total. The van der Waals surface area contributed by atoms with Crippen molar-refractivity contribution in [3.05, 3.63) is 35.9 Å². The molecule has 7 atom stereocenters. The summed E-state index contributed by atoms with van der Waals surface area (Å²) in [6, 6.07) is 10.5. The van der Waals surface area contributed by atoms with Crippen LogP contribution in [0.15, 0.2) is 30.3 Å². The smallest absolute Gasteiger partial charge is 0.311 e. The lowest BCUT2D eigenvalue weighted by Crippen LogP contribution is -2.54. The molecule has 2 heterocycles. The van der Waals surface area contributed by atoms with Gasteiger partial charge in [-0.1, -0.05) is 50.6 Å². The van der Waals surface area contributed by atoms with Gasteiger partial charge in [-0.15, -0.1) is 0 Å². The van der Waals surface area contributed by atoms with Gasteiger partial charge in [0.15, 0.2) is 0 Å². The number of nitrogens with one attached hydrogen (secondary N) is 1. The number of epoxide rings is 1. The molecule has 2 aliphatic carbocycles. The monoisotopic (exact) mass is 369 g/mol. The molecule has 4 fully saturated rings. The first kappa shape index (κ1) is 17.7. The minimum Gasteiger partial charge on any atom is -0.462 e. The van der Waals surface area contributed by atoms with E-state index >= 15 is 0 Å². The highest BCUT2D eigenvalue weighted by Crippen LogP contribution is 2.70. The summed E-state index contributed by atoms with van der Waals surface area (Å²) in [5, 5.41) is 3.51. The first-order valence-electron chi connectivity index (χ1n) is 10.7. The molecule has 0 bridgehead atoms. The Morgan fingerprint density at radius 2 is 2.07 bits per heavy atom. The normalized spacial score (nSPS) is 44.8. The molecule has 0 amide bonds. The Kier molecular flexibility index (Phi) is 4.14. The second-order valence-electron chi connectivity index (χ2n) is 9.49. The molecule has 1 aromatic carbocycles. The van der Waals surface area contributed by atoms with E-state index in [1.54, 1.807) is 0 Å². The molecule has 1 spiro atoms. The van der Waals surface area contributed by atoms with Crippen LogP contribution in [0.2, 0.25) is 0 Å². The molecule has 1 N–H and O–H groups in total. The minimum absolute atomic E-state index is 0.00266. The van der Waals surface area contributed by atoms with Crippen LogP contribution in [0.25, 0.3) is 0 Å². The van der Waals surface area contributed by atoms with Crippen LogP contribution in [0.1, 0.15) is 45.1 Å².